The second-order valence-electron chi connectivity index (χ2n) is 1.53. The van der Waals surface area contributed by atoms with Crippen LogP contribution in [0, 0.1) is 6.61 Å². The molecule has 46 radical (unpaired) electrons. The van der Waals surface area contributed by atoms with Crippen molar-refractivity contribution in [3.63, 3.8) is 0 Å². The third kappa shape index (κ3) is 410. The van der Waals surface area contributed by atoms with Crippen LogP contribution in [0.5, 0.6) is 0 Å². The third-order valence-corrected chi connectivity index (χ3v) is 0.952. The molecule has 1 nitrogen and oxygen atoms in total. The van der Waals surface area contributed by atoms with Crippen LogP contribution >= 0.6 is 0 Å². The normalized spacial score (nSPS) is 2.77. The first kappa shape index (κ1) is 443. The van der Waals surface area contributed by atoms with Crippen molar-refractivity contribution in [2.24, 2.45) is 0 Å². The van der Waals surface area contributed by atoms with Gasteiger partial charge in [0.25, 0.3) is 0 Å². The molecule has 1 heterocycles. The van der Waals surface area contributed by atoms with Crippen LogP contribution in [0.4, 0.5) is 0 Å². The molecule has 0 amide bonds. The summed E-state index contributed by atoms with van der Waals surface area (Å²) in [6.45, 7) is 2.84. The van der Waals surface area contributed by atoms with Crippen molar-refractivity contribution in [2.45, 2.75) is 19.3 Å². The van der Waals surface area contributed by atoms with E-state index < -0.39 is 0 Å². The fraction of sp³-hybridized carbons (Fsp3) is 0.800. The Morgan fingerprint density at radius 2 is 0.288 bits per heavy atom. The standard InChI is InChI=1S/C5H9O.46V/c1-2-4-6-5-3-1;;;;;;;;;;;;;;;;;;;;;;;;;;;;;;;;;;;;;;;;;;;;;;/h4H,1-3,5H2;;;;;;;;;;;;;;;;;;;;;;;;;;;;;;;;;;;;;;;;;;;;;;/q-1;;;;;;;;;;;;;;;;;;;;;;;;;;;;;;;;;;;;;;;;;;;;;;. The van der Waals surface area contributed by atoms with Gasteiger partial charge in [0.1, 0.15) is 0 Å². The second kappa shape index (κ2) is 426. The van der Waals surface area contributed by atoms with Crippen molar-refractivity contribution in [2.75, 3.05) is 6.61 Å². The summed E-state index contributed by atoms with van der Waals surface area (Å²) in [5.74, 6) is 0. The Kier molecular flexibility index (Phi) is 3630. The molecule has 52 heavy (non-hydrogen) atoms. The molecule has 0 spiro atoms. The van der Waals surface area contributed by atoms with Crippen LogP contribution in [0.1, 0.15) is 19.3 Å². The maximum atomic E-state index is 4.94. The van der Waals surface area contributed by atoms with Crippen LogP contribution < -0.4 is 0 Å². The number of rotatable bonds is 0. The van der Waals surface area contributed by atoms with E-state index in [1.165, 1.54) is 12.8 Å². The molecule has 0 atom stereocenters. The Morgan fingerprint density at radius 1 is 0.173 bits per heavy atom. The van der Waals surface area contributed by atoms with Gasteiger partial charge in [-0.2, -0.15) is 6.42 Å². The van der Waals surface area contributed by atoms with E-state index in [0.717, 1.165) is 13.0 Å². The Bertz CT molecular complexity index is 46.2. The molecule has 0 bridgehead atoms. The maximum Gasteiger partial charge on any atom is 0.0111 e. The van der Waals surface area contributed by atoms with Crippen molar-refractivity contribution in [1.82, 2.24) is 0 Å². The Labute approximate surface area is 867 Å². The molecule has 1 fully saturated rings. The first-order valence-electron chi connectivity index (χ1n) is 2.43. The van der Waals surface area contributed by atoms with E-state index in [1.807, 2.05) is 6.61 Å². The van der Waals surface area contributed by atoms with Gasteiger partial charge in [-0.3, -0.25) is 0 Å². The van der Waals surface area contributed by atoms with E-state index in [2.05, 4.69) is 0 Å². The number of hydrogen-bond acceptors (Lipinski definition) is 1. The maximum absolute atomic E-state index is 4.94. The Morgan fingerprint density at radius 3 is 0.308 bits per heavy atom. The molecule has 266 valence electrons. The van der Waals surface area contributed by atoms with Crippen molar-refractivity contribution in [3.8, 4) is 0 Å². The van der Waals surface area contributed by atoms with Gasteiger partial charge in [0, 0.05) is 860 Å². The second-order valence-corrected chi connectivity index (χ2v) is 1.53. The third-order valence-electron chi connectivity index (χ3n) is 0.952. The number of hydrogen-bond donors (Lipinski definition) is 0. The first-order valence-corrected chi connectivity index (χ1v) is 2.43. The smallest absolute Gasteiger partial charge is 0.0111 e. The van der Waals surface area contributed by atoms with E-state index in [9.17, 15) is 0 Å². The van der Waals surface area contributed by atoms with Crippen molar-refractivity contribution in [1.29, 1.82) is 0 Å². The molecule has 1 rings (SSSR count). The molecule has 1 aliphatic heterocycles. The molecular formula is C5H9OV46-. The summed E-state index contributed by atoms with van der Waals surface area (Å²) in [6.07, 6.45) is 3.72. The zero-order chi connectivity index (χ0) is 4.24. The average Bonchev–Trinajstić information content (AvgIpc) is 1.72. The van der Waals surface area contributed by atoms with Crippen LogP contribution in [0.3, 0.4) is 0 Å². The van der Waals surface area contributed by atoms with Gasteiger partial charge in [-0.05, 0) is 6.42 Å². The van der Waals surface area contributed by atoms with Gasteiger partial charge in [0.15, 0.2) is 0 Å². The van der Waals surface area contributed by atoms with E-state index in [-0.39, 0.29) is 854 Å². The fourth-order valence-electron chi connectivity index (χ4n) is 0.580. The molecule has 0 N–H and O–H groups in total. The minimum Gasteiger partial charge on any atom is -0.552 e. The van der Waals surface area contributed by atoms with E-state index in [1.54, 1.807) is 0 Å². The number of ether oxygens (including phenoxy) is 1. The monoisotopic (exact) mass is 2430 g/mol. The fourth-order valence-corrected chi connectivity index (χ4v) is 0.580. The van der Waals surface area contributed by atoms with Crippen LogP contribution in [0.15, 0.2) is 0 Å². The van der Waals surface area contributed by atoms with E-state index >= 15 is 0 Å². The molecule has 0 aromatic heterocycles. The van der Waals surface area contributed by atoms with Crippen LogP contribution in [-0.4, -0.2) is 6.61 Å². The zero-order valence-electron chi connectivity index (χ0n) is 24.4. The predicted molar refractivity (Wildman–Crippen MR) is 24.1 cm³/mol. The molecule has 1 saturated heterocycles. The van der Waals surface area contributed by atoms with Gasteiger partial charge in [0.05, 0.1) is 0 Å². The topological polar surface area (TPSA) is 9.23 Å². The van der Waals surface area contributed by atoms with Crippen molar-refractivity contribution in [3.05, 3.63) is 6.61 Å². The Balaban J connectivity index is -0.000000000178. The van der Waals surface area contributed by atoms with Gasteiger partial charge in [-0.15, -0.1) is 0 Å². The van der Waals surface area contributed by atoms with Crippen LogP contribution in [-0.2, 0) is 858 Å². The van der Waals surface area contributed by atoms with E-state index in [0.29, 0.717) is 0 Å². The van der Waals surface area contributed by atoms with Crippen molar-refractivity contribution >= 4 is 0 Å². The van der Waals surface area contributed by atoms with Crippen LogP contribution in [0.25, 0.3) is 0 Å². The molecule has 47 heteroatoms. The van der Waals surface area contributed by atoms with E-state index in [4.69, 9.17) is 4.74 Å². The van der Waals surface area contributed by atoms with Gasteiger partial charge < -0.3 is 4.74 Å². The molecule has 0 aromatic rings. The van der Waals surface area contributed by atoms with Crippen LogP contribution in [0.2, 0.25) is 0 Å². The SMILES string of the molecule is [CH-]1CCCCO1.[V].[V].[V].[V].[V].[V].[V].[V].[V].[V].[V].[V].[V].[V].[V].[V].[V].[V].[V].[V].[V].[V].[V].[V].[V].[V].[V].[V].[V].[V].[V].[V].[V].[V].[V].[V].[V].[V].[V].[V].[V].[V].[V].[V].[V].[V]. The summed E-state index contributed by atoms with van der Waals surface area (Å²) < 4.78 is 4.94. The Hall–Kier alpha value is 26.8. The summed E-state index contributed by atoms with van der Waals surface area (Å²) >= 11 is 0. The molecule has 0 aliphatic carbocycles. The minimum absolute atomic E-state index is 0. The van der Waals surface area contributed by atoms with Gasteiger partial charge >= 0.3 is 0 Å². The molecule has 0 aromatic carbocycles. The van der Waals surface area contributed by atoms with Gasteiger partial charge in [-0.1, -0.05) is 6.42 Å². The van der Waals surface area contributed by atoms with Crippen molar-refractivity contribution < 1.29 is 858 Å². The quantitative estimate of drug-likeness (QED) is 0.333. The summed E-state index contributed by atoms with van der Waals surface area (Å²) in [4.78, 5) is 0. The summed E-state index contributed by atoms with van der Waals surface area (Å²) in [5.41, 5.74) is 0. The minimum atomic E-state index is 0. The summed E-state index contributed by atoms with van der Waals surface area (Å²) in [5, 5.41) is 0. The summed E-state index contributed by atoms with van der Waals surface area (Å²) in [6, 6.07) is 0. The van der Waals surface area contributed by atoms with Gasteiger partial charge in [0.2, 0.25) is 0 Å². The largest absolute Gasteiger partial charge is 0.552 e. The predicted octanol–water partition coefficient (Wildman–Crippen LogP) is 1.23. The average molecular weight is 2430 g/mol. The molecule has 0 saturated carbocycles. The van der Waals surface area contributed by atoms with Gasteiger partial charge in [-0.25, -0.2) is 6.61 Å². The molecule has 0 unspecified atom stereocenters. The first-order chi connectivity index (χ1) is 3.00. The zero-order valence-corrected chi connectivity index (χ0v) is 88.6. The summed E-state index contributed by atoms with van der Waals surface area (Å²) in [7, 11) is 0. The molecule has 1 aliphatic rings. The molecular weight excluding hydrogens is 2420 g/mol.